The van der Waals surface area contributed by atoms with Crippen molar-refractivity contribution in [1.82, 2.24) is 5.32 Å². The highest BCUT2D eigenvalue weighted by atomic mass is 16.1. The Morgan fingerprint density at radius 2 is 2.11 bits per heavy atom. The minimum atomic E-state index is 0.257. The van der Waals surface area contributed by atoms with Gasteiger partial charge in [-0.3, -0.25) is 4.79 Å². The van der Waals surface area contributed by atoms with E-state index in [2.05, 4.69) is 19.2 Å². The first-order valence-electron chi connectivity index (χ1n) is 3.35. The summed E-state index contributed by atoms with van der Waals surface area (Å²) in [5, 5.41) is 2.59. The SMILES string of the molecule is CCC(C)C(C)N[C]=O. The maximum Gasteiger partial charge on any atom is 0.309 e. The van der Waals surface area contributed by atoms with Gasteiger partial charge >= 0.3 is 6.41 Å². The quantitative estimate of drug-likeness (QED) is 0.564. The van der Waals surface area contributed by atoms with Crippen molar-refractivity contribution in [1.29, 1.82) is 0 Å². The predicted octanol–water partition coefficient (Wildman–Crippen LogP) is 1.08. The Morgan fingerprint density at radius 3 is 2.44 bits per heavy atom. The summed E-state index contributed by atoms with van der Waals surface area (Å²) in [5.74, 6) is 0.548. The van der Waals surface area contributed by atoms with E-state index in [0.717, 1.165) is 6.42 Å². The molecule has 2 nitrogen and oxygen atoms in total. The van der Waals surface area contributed by atoms with Crippen LogP contribution in [0, 0.1) is 5.92 Å². The van der Waals surface area contributed by atoms with Gasteiger partial charge in [0.15, 0.2) is 0 Å². The zero-order chi connectivity index (χ0) is 7.28. The molecule has 1 radical (unpaired) electrons. The van der Waals surface area contributed by atoms with Crippen molar-refractivity contribution in [3.05, 3.63) is 0 Å². The molecule has 53 valence electrons. The molecule has 1 amide bonds. The predicted molar refractivity (Wildman–Crippen MR) is 37.7 cm³/mol. The second-order valence-corrected chi connectivity index (χ2v) is 2.42. The van der Waals surface area contributed by atoms with Crippen LogP contribution in [0.4, 0.5) is 0 Å². The van der Waals surface area contributed by atoms with Crippen LogP contribution >= 0.6 is 0 Å². The van der Waals surface area contributed by atoms with Gasteiger partial charge in [0.1, 0.15) is 0 Å². The molecule has 0 aliphatic rings. The molecule has 0 heterocycles. The fourth-order valence-corrected chi connectivity index (χ4v) is 0.589. The fraction of sp³-hybridized carbons (Fsp3) is 0.857. The normalized spacial score (nSPS) is 16.3. The largest absolute Gasteiger partial charge is 0.345 e. The van der Waals surface area contributed by atoms with Gasteiger partial charge < -0.3 is 5.32 Å². The van der Waals surface area contributed by atoms with Crippen molar-refractivity contribution in [2.24, 2.45) is 5.92 Å². The number of hydrogen-bond acceptors (Lipinski definition) is 1. The van der Waals surface area contributed by atoms with Crippen molar-refractivity contribution < 1.29 is 4.79 Å². The van der Waals surface area contributed by atoms with Crippen molar-refractivity contribution in [3.8, 4) is 0 Å². The van der Waals surface area contributed by atoms with E-state index in [4.69, 9.17) is 0 Å². The molecule has 0 saturated carbocycles. The Balaban J connectivity index is 3.44. The molecule has 0 aliphatic carbocycles. The third kappa shape index (κ3) is 3.12. The van der Waals surface area contributed by atoms with Gasteiger partial charge in [0.25, 0.3) is 0 Å². The Labute approximate surface area is 56.6 Å². The molecule has 0 aromatic heterocycles. The van der Waals surface area contributed by atoms with Crippen LogP contribution in [0.15, 0.2) is 0 Å². The number of rotatable bonds is 4. The number of carbonyl (C=O) groups excluding carboxylic acids is 1. The van der Waals surface area contributed by atoms with E-state index in [1.807, 2.05) is 6.92 Å². The number of amides is 1. The van der Waals surface area contributed by atoms with Gasteiger partial charge in [-0.1, -0.05) is 20.3 Å². The maximum atomic E-state index is 9.80. The van der Waals surface area contributed by atoms with E-state index in [-0.39, 0.29) is 6.04 Å². The Bertz CT molecular complexity index is 83.0. The molecule has 9 heavy (non-hydrogen) atoms. The third-order valence-electron chi connectivity index (χ3n) is 1.78. The summed E-state index contributed by atoms with van der Waals surface area (Å²) in [6.45, 7) is 6.20. The molecule has 0 saturated heterocycles. The van der Waals surface area contributed by atoms with Gasteiger partial charge in [0, 0.05) is 6.04 Å². The van der Waals surface area contributed by atoms with E-state index in [0.29, 0.717) is 5.92 Å². The molecule has 0 aromatic rings. The first-order valence-corrected chi connectivity index (χ1v) is 3.35. The molecular formula is C7H14NO. The van der Waals surface area contributed by atoms with E-state index >= 15 is 0 Å². The van der Waals surface area contributed by atoms with Crippen LogP contribution < -0.4 is 5.32 Å². The molecule has 0 rings (SSSR count). The van der Waals surface area contributed by atoms with Crippen molar-refractivity contribution >= 4 is 6.41 Å². The smallest absolute Gasteiger partial charge is 0.309 e. The van der Waals surface area contributed by atoms with Crippen LogP contribution in [0.1, 0.15) is 27.2 Å². The summed E-state index contributed by atoms with van der Waals surface area (Å²) >= 11 is 0. The second kappa shape index (κ2) is 4.36. The first-order chi connectivity index (χ1) is 4.22. The summed E-state index contributed by atoms with van der Waals surface area (Å²) < 4.78 is 0. The van der Waals surface area contributed by atoms with Gasteiger partial charge in [0.05, 0.1) is 0 Å². The van der Waals surface area contributed by atoms with Gasteiger partial charge in [-0.25, -0.2) is 0 Å². The summed E-state index contributed by atoms with van der Waals surface area (Å²) in [4.78, 5) is 9.80. The zero-order valence-electron chi connectivity index (χ0n) is 6.27. The van der Waals surface area contributed by atoms with Crippen LogP contribution in [-0.4, -0.2) is 12.5 Å². The molecule has 2 atom stereocenters. The first kappa shape index (κ1) is 8.47. The highest BCUT2D eigenvalue weighted by Crippen LogP contribution is 2.04. The van der Waals surface area contributed by atoms with E-state index in [1.165, 1.54) is 0 Å². The summed E-state index contributed by atoms with van der Waals surface area (Å²) in [6.07, 6.45) is 2.78. The molecule has 2 heteroatoms. The van der Waals surface area contributed by atoms with Crippen molar-refractivity contribution in [3.63, 3.8) is 0 Å². The third-order valence-corrected chi connectivity index (χ3v) is 1.78. The second-order valence-electron chi connectivity index (χ2n) is 2.42. The zero-order valence-corrected chi connectivity index (χ0v) is 6.27. The topological polar surface area (TPSA) is 29.1 Å². The lowest BCUT2D eigenvalue weighted by atomic mass is 10.0. The lowest BCUT2D eigenvalue weighted by Gasteiger charge is -2.15. The molecule has 0 aromatic carbocycles. The summed E-state index contributed by atoms with van der Waals surface area (Å²) in [7, 11) is 0. The molecule has 0 bridgehead atoms. The fourth-order valence-electron chi connectivity index (χ4n) is 0.589. The van der Waals surface area contributed by atoms with Crippen molar-refractivity contribution in [2.75, 3.05) is 0 Å². The average molecular weight is 128 g/mol. The number of nitrogens with one attached hydrogen (secondary N) is 1. The number of hydrogen-bond donors (Lipinski definition) is 1. The highest BCUT2D eigenvalue weighted by Gasteiger charge is 2.07. The van der Waals surface area contributed by atoms with Gasteiger partial charge in [-0.15, -0.1) is 0 Å². The lowest BCUT2D eigenvalue weighted by molar-refractivity contribution is 0.423. The standard InChI is InChI=1S/C7H14NO/c1-4-6(2)7(3)8-5-9/h6-7H,4H2,1-3H3,(H,8,9). The van der Waals surface area contributed by atoms with Gasteiger partial charge in [-0.2, -0.15) is 0 Å². The van der Waals surface area contributed by atoms with E-state index < -0.39 is 0 Å². The molecular weight excluding hydrogens is 114 g/mol. The molecule has 0 aliphatic heterocycles. The van der Waals surface area contributed by atoms with Crippen LogP contribution in [-0.2, 0) is 4.79 Å². The highest BCUT2D eigenvalue weighted by molar-refractivity contribution is 5.47. The summed E-state index contributed by atoms with van der Waals surface area (Å²) in [6, 6.07) is 0.257. The van der Waals surface area contributed by atoms with E-state index in [9.17, 15) is 4.79 Å². The monoisotopic (exact) mass is 128 g/mol. The van der Waals surface area contributed by atoms with Crippen LogP contribution in [0.5, 0.6) is 0 Å². The Morgan fingerprint density at radius 1 is 1.56 bits per heavy atom. The van der Waals surface area contributed by atoms with Crippen molar-refractivity contribution in [2.45, 2.75) is 33.2 Å². The Kier molecular flexibility index (Phi) is 4.10. The van der Waals surface area contributed by atoms with E-state index in [1.54, 1.807) is 6.41 Å². The van der Waals surface area contributed by atoms with Crippen LogP contribution in [0.3, 0.4) is 0 Å². The summed E-state index contributed by atoms with van der Waals surface area (Å²) in [5.41, 5.74) is 0. The maximum absolute atomic E-state index is 9.80. The van der Waals surface area contributed by atoms with Gasteiger partial charge in [0.2, 0.25) is 0 Å². The van der Waals surface area contributed by atoms with Crippen LogP contribution in [0.2, 0.25) is 0 Å². The Hall–Kier alpha value is -0.530. The van der Waals surface area contributed by atoms with Gasteiger partial charge in [-0.05, 0) is 12.8 Å². The average Bonchev–Trinajstić information content (AvgIpc) is 1.87. The lowest BCUT2D eigenvalue weighted by Crippen LogP contribution is -2.30. The minimum Gasteiger partial charge on any atom is -0.345 e. The molecule has 2 unspecified atom stereocenters. The minimum absolute atomic E-state index is 0.257. The molecule has 0 fully saturated rings. The molecule has 0 spiro atoms. The molecule has 1 N–H and O–H groups in total. The van der Waals surface area contributed by atoms with Crippen LogP contribution in [0.25, 0.3) is 0 Å².